The van der Waals surface area contributed by atoms with Crippen molar-refractivity contribution >= 4 is 11.9 Å². The first-order valence-corrected chi connectivity index (χ1v) is 5.22. The van der Waals surface area contributed by atoms with Crippen molar-refractivity contribution in [3.63, 3.8) is 0 Å². The maximum Gasteiger partial charge on any atom is 0.324 e. The lowest BCUT2D eigenvalue weighted by Crippen LogP contribution is -2.33. The summed E-state index contributed by atoms with van der Waals surface area (Å²) in [6, 6.07) is -0.242. The lowest BCUT2D eigenvalue weighted by molar-refractivity contribution is -0.127. The summed E-state index contributed by atoms with van der Waals surface area (Å²) < 4.78 is 0. The van der Waals surface area contributed by atoms with Crippen molar-refractivity contribution < 1.29 is 9.59 Å². The molecular formula is C10H16N2O2. The summed E-state index contributed by atoms with van der Waals surface area (Å²) in [4.78, 5) is 24.2. The zero-order chi connectivity index (χ0) is 10.3. The van der Waals surface area contributed by atoms with Crippen LogP contribution in [0.15, 0.2) is 0 Å². The molecule has 0 aromatic heterocycles. The van der Waals surface area contributed by atoms with Crippen molar-refractivity contribution in [3.05, 3.63) is 0 Å². The molecule has 1 spiro atoms. The third-order valence-corrected chi connectivity index (χ3v) is 3.33. The highest BCUT2D eigenvalue weighted by molar-refractivity contribution is 6.08. The predicted octanol–water partition coefficient (Wildman–Crippen LogP) is 1.12. The average Bonchev–Trinajstić information content (AvgIpc) is 2.82. The van der Waals surface area contributed by atoms with E-state index < -0.39 is 5.54 Å². The first-order valence-electron chi connectivity index (χ1n) is 5.22. The van der Waals surface area contributed by atoms with Crippen LogP contribution in [0.25, 0.3) is 0 Å². The number of nitrogens with one attached hydrogen (secondary N) is 1. The second-order valence-corrected chi connectivity index (χ2v) is 4.31. The molecule has 2 fully saturated rings. The van der Waals surface area contributed by atoms with E-state index in [9.17, 15) is 9.59 Å². The Balaban J connectivity index is 2.01. The number of nitrogens with zero attached hydrogens (tertiary/aromatic N) is 1. The van der Waals surface area contributed by atoms with Crippen LogP contribution < -0.4 is 5.32 Å². The minimum absolute atomic E-state index is 0.0383. The summed E-state index contributed by atoms with van der Waals surface area (Å²) in [7, 11) is 1.54. The van der Waals surface area contributed by atoms with Gasteiger partial charge in [0.15, 0.2) is 0 Å². The number of urea groups is 1. The van der Waals surface area contributed by atoms with Crippen molar-refractivity contribution in [1.29, 1.82) is 0 Å². The average molecular weight is 196 g/mol. The fourth-order valence-electron chi connectivity index (χ4n) is 2.26. The van der Waals surface area contributed by atoms with Crippen molar-refractivity contribution in [3.8, 4) is 0 Å². The molecule has 14 heavy (non-hydrogen) atoms. The molecule has 0 radical (unpaired) electrons. The fraction of sp³-hybridized carbons (Fsp3) is 0.800. The molecule has 0 aromatic rings. The summed E-state index contributed by atoms with van der Waals surface area (Å²) >= 11 is 0. The molecule has 4 heteroatoms. The van der Waals surface area contributed by atoms with Crippen molar-refractivity contribution in [2.24, 2.45) is 5.92 Å². The van der Waals surface area contributed by atoms with Gasteiger partial charge in [0, 0.05) is 7.05 Å². The molecule has 1 aliphatic heterocycles. The highest BCUT2D eigenvalue weighted by atomic mass is 16.2. The van der Waals surface area contributed by atoms with Crippen molar-refractivity contribution in [2.75, 3.05) is 7.05 Å². The predicted molar refractivity (Wildman–Crippen MR) is 51.7 cm³/mol. The number of carbonyl (C=O) groups excluding carboxylic acids is 2. The molecule has 2 unspecified atom stereocenters. The summed E-state index contributed by atoms with van der Waals surface area (Å²) in [6.07, 6.45) is 4.17. The summed E-state index contributed by atoms with van der Waals surface area (Å²) in [5, 5.41) is 2.80. The number of carbonyl (C=O) groups is 2. The van der Waals surface area contributed by atoms with Gasteiger partial charge >= 0.3 is 6.03 Å². The van der Waals surface area contributed by atoms with Gasteiger partial charge in [-0.2, -0.15) is 0 Å². The van der Waals surface area contributed by atoms with Gasteiger partial charge in [-0.3, -0.25) is 9.69 Å². The van der Waals surface area contributed by atoms with Crippen LogP contribution in [0.4, 0.5) is 4.79 Å². The number of hydrogen-bond acceptors (Lipinski definition) is 2. The molecule has 1 N–H and O–H groups in total. The van der Waals surface area contributed by atoms with E-state index in [0.717, 1.165) is 25.7 Å². The van der Waals surface area contributed by atoms with Gasteiger partial charge in [-0.15, -0.1) is 0 Å². The van der Waals surface area contributed by atoms with E-state index in [0.29, 0.717) is 5.92 Å². The molecule has 2 atom stereocenters. The summed E-state index contributed by atoms with van der Waals surface area (Å²) in [5.74, 6) is 0.340. The van der Waals surface area contributed by atoms with Gasteiger partial charge in [-0.05, 0) is 18.8 Å². The maximum absolute atomic E-state index is 11.7. The minimum Gasteiger partial charge on any atom is -0.323 e. The molecule has 1 saturated heterocycles. The highest BCUT2D eigenvalue weighted by Gasteiger charge is 2.65. The van der Waals surface area contributed by atoms with Gasteiger partial charge in [0.1, 0.15) is 5.54 Å². The van der Waals surface area contributed by atoms with Crippen LogP contribution in [0.5, 0.6) is 0 Å². The SMILES string of the molecule is CCCCC1CC12NC(=O)N(C)C2=O. The largest absolute Gasteiger partial charge is 0.324 e. The lowest BCUT2D eigenvalue weighted by Gasteiger charge is -2.06. The van der Waals surface area contributed by atoms with Gasteiger partial charge in [0.05, 0.1) is 0 Å². The summed E-state index contributed by atoms with van der Waals surface area (Å²) in [6.45, 7) is 2.14. The topological polar surface area (TPSA) is 49.4 Å². The number of amides is 3. The van der Waals surface area contributed by atoms with E-state index in [1.807, 2.05) is 0 Å². The number of rotatable bonds is 3. The Morgan fingerprint density at radius 1 is 1.57 bits per heavy atom. The Labute approximate surface area is 83.6 Å². The molecule has 0 aromatic carbocycles. The molecule has 2 aliphatic rings. The Morgan fingerprint density at radius 3 is 2.79 bits per heavy atom. The third-order valence-electron chi connectivity index (χ3n) is 3.33. The number of imide groups is 1. The van der Waals surface area contributed by atoms with E-state index in [1.54, 1.807) is 7.05 Å². The normalized spacial score (nSPS) is 35.3. The molecular weight excluding hydrogens is 180 g/mol. The molecule has 1 saturated carbocycles. The van der Waals surface area contributed by atoms with E-state index in [-0.39, 0.29) is 11.9 Å². The standard InChI is InChI=1S/C10H16N2O2/c1-3-4-5-7-6-10(7)8(13)12(2)9(14)11-10/h7H,3-6H2,1-2H3,(H,11,14). The molecule has 0 bridgehead atoms. The van der Waals surface area contributed by atoms with E-state index in [1.165, 1.54) is 4.90 Å². The van der Waals surface area contributed by atoms with Crippen LogP contribution in [-0.2, 0) is 4.79 Å². The fourth-order valence-corrected chi connectivity index (χ4v) is 2.26. The van der Waals surface area contributed by atoms with Gasteiger partial charge < -0.3 is 5.32 Å². The van der Waals surface area contributed by atoms with Crippen LogP contribution in [-0.4, -0.2) is 29.4 Å². The molecule has 3 amide bonds. The lowest BCUT2D eigenvalue weighted by atomic mass is 10.1. The first kappa shape index (κ1) is 9.49. The smallest absolute Gasteiger partial charge is 0.323 e. The van der Waals surface area contributed by atoms with Crippen LogP contribution >= 0.6 is 0 Å². The number of hydrogen-bond donors (Lipinski definition) is 1. The molecule has 2 rings (SSSR count). The Hall–Kier alpha value is -1.06. The van der Waals surface area contributed by atoms with Crippen LogP contribution in [0.1, 0.15) is 32.6 Å². The first-order chi connectivity index (χ1) is 6.62. The Kier molecular flexibility index (Phi) is 2.01. The molecule has 4 nitrogen and oxygen atoms in total. The van der Waals surface area contributed by atoms with Crippen LogP contribution in [0.2, 0.25) is 0 Å². The quantitative estimate of drug-likeness (QED) is 0.687. The van der Waals surface area contributed by atoms with Gasteiger partial charge in [0.25, 0.3) is 5.91 Å². The monoisotopic (exact) mass is 196 g/mol. The number of likely N-dealkylation sites (N-methyl/N-ethyl adjacent to an activating group) is 1. The van der Waals surface area contributed by atoms with Gasteiger partial charge in [0.2, 0.25) is 0 Å². The zero-order valence-corrected chi connectivity index (χ0v) is 8.67. The zero-order valence-electron chi connectivity index (χ0n) is 8.67. The molecule has 78 valence electrons. The van der Waals surface area contributed by atoms with E-state index in [4.69, 9.17) is 0 Å². The highest BCUT2D eigenvalue weighted by Crippen LogP contribution is 2.50. The molecule has 1 aliphatic carbocycles. The van der Waals surface area contributed by atoms with Gasteiger partial charge in [-0.1, -0.05) is 19.8 Å². The van der Waals surface area contributed by atoms with Gasteiger partial charge in [-0.25, -0.2) is 4.79 Å². The van der Waals surface area contributed by atoms with Crippen molar-refractivity contribution in [2.45, 2.75) is 38.1 Å². The minimum atomic E-state index is -0.499. The Morgan fingerprint density at radius 2 is 2.29 bits per heavy atom. The van der Waals surface area contributed by atoms with Crippen LogP contribution in [0, 0.1) is 5.92 Å². The van der Waals surface area contributed by atoms with E-state index in [2.05, 4.69) is 12.2 Å². The summed E-state index contributed by atoms with van der Waals surface area (Å²) in [5.41, 5.74) is -0.499. The third kappa shape index (κ3) is 1.13. The Bertz CT molecular complexity index is 290. The second-order valence-electron chi connectivity index (χ2n) is 4.31. The second kappa shape index (κ2) is 2.97. The molecule has 1 heterocycles. The maximum atomic E-state index is 11.7. The number of unbranched alkanes of at least 4 members (excludes halogenated alkanes) is 1. The van der Waals surface area contributed by atoms with E-state index >= 15 is 0 Å². The van der Waals surface area contributed by atoms with Crippen LogP contribution in [0.3, 0.4) is 0 Å². The van der Waals surface area contributed by atoms with Crippen molar-refractivity contribution in [1.82, 2.24) is 10.2 Å².